The summed E-state index contributed by atoms with van der Waals surface area (Å²) in [5.74, 6) is -0.171. The van der Waals surface area contributed by atoms with Crippen molar-refractivity contribution in [3.8, 4) is 0 Å². The Balaban J connectivity index is 2.27. The van der Waals surface area contributed by atoms with Gasteiger partial charge in [0.1, 0.15) is 11.3 Å². The molecule has 0 radical (unpaired) electrons. The zero-order chi connectivity index (χ0) is 20.2. The molecule has 0 saturated heterocycles. The van der Waals surface area contributed by atoms with Crippen molar-refractivity contribution in [2.45, 2.75) is 25.6 Å². The van der Waals surface area contributed by atoms with E-state index in [-0.39, 0.29) is 27.6 Å². The number of aryl methyl sites for hydroxylation is 1. The van der Waals surface area contributed by atoms with Gasteiger partial charge in [0.15, 0.2) is 21.0 Å². The number of sulfone groups is 1. The number of imidazole rings is 1. The van der Waals surface area contributed by atoms with E-state index in [1.807, 2.05) is 0 Å². The van der Waals surface area contributed by atoms with E-state index in [0.717, 1.165) is 6.07 Å². The van der Waals surface area contributed by atoms with E-state index >= 15 is 0 Å². The highest BCUT2D eigenvalue weighted by atomic mass is 32.2. The van der Waals surface area contributed by atoms with Gasteiger partial charge in [0, 0.05) is 19.4 Å². The average molecular weight is 402 g/mol. The molecule has 1 unspecified atom stereocenters. The number of halogens is 3. The summed E-state index contributed by atoms with van der Waals surface area (Å²) in [7, 11) is -2.24. The number of pyridine rings is 1. The summed E-state index contributed by atoms with van der Waals surface area (Å²) in [5, 5.41) is 11.1. The fourth-order valence-electron chi connectivity index (χ4n) is 3.08. The van der Waals surface area contributed by atoms with Crippen LogP contribution in [0.25, 0.3) is 11.2 Å². The molecule has 0 aliphatic carbocycles. The minimum absolute atomic E-state index is 0.0412. The Kier molecular flexibility index (Phi) is 4.35. The van der Waals surface area contributed by atoms with Crippen molar-refractivity contribution < 1.29 is 26.8 Å². The van der Waals surface area contributed by atoms with Crippen molar-refractivity contribution in [1.29, 1.82) is 0 Å². The van der Waals surface area contributed by atoms with E-state index in [1.54, 1.807) is 0 Å². The molecular weight excluding hydrogens is 385 g/mol. The first-order chi connectivity index (χ1) is 12.4. The summed E-state index contributed by atoms with van der Waals surface area (Å²) in [6.45, 7) is 2.89. The number of alkyl halides is 3. The first-order valence-electron chi connectivity index (χ1n) is 7.93. The number of aromatic nitrogens is 3. The minimum Gasteiger partial charge on any atom is -0.313 e. The topological polar surface area (TPSA) is 88.3 Å². The Morgan fingerprint density at radius 1 is 1.33 bits per heavy atom. The highest BCUT2D eigenvalue weighted by molar-refractivity contribution is 7.95. The van der Waals surface area contributed by atoms with Crippen LogP contribution in [0.15, 0.2) is 35.5 Å². The van der Waals surface area contributed by atoms with E-state index in [0.29, 0.717) is 11.3 Å². The molecule has 1 aliphatic rings. The van der Waals surface area contributed by atoms with Crippen LogP contribution >= 0.6 is 0 Å². The SMILES string of the molecule is CCS(=O)(=O)C1=CC=CN(O)C1(C)c1nc2cc(C(F)(F)F)cnc2n1C. The molecule has 3 rings (SSSR count). The van der Waals surface area contributed by atoms with E-state index < -0.39 is 27.1 Å². The number of fused-ring (bicyclic) bond motifs is 1. The summed E-state index contributed by atoms with van der Waals surface area (Å²) >= 11 is 0. The van der Waals surface area contributed by atoms with Crippen LogP contribution in [0, 0.1) is 0 Å². The zero-order valence-corrected chi connectivity index (χ0v) is 15.5. The van der Waals surface area contributed by atoms with Crippen molar-refractivity contribution in [3.63, 3.8) is 0 Å². The Hall–Kier alpha value is -2.40. The molecule has 0 amide bonds. The summed E-state index contributed by atoms with van der Waals surface area (Å²) in [6, 6.07) is 0.841. The molecule has 0 aromatic carbocycles. The van der Waals surface area contributed by atoms with Gasteiger partial charge in [-0.05, 0) is 25.1 Å². The standard InChI is InChI=1S/C16H17F3N4O3S/c1-4-27(25,26)12-6-5-7-23(24)15(12,2)14-21-11-8-10(16(17,18)19)9-20-13(11)22(14)3/h5-9,24H,4H2,1-3H3. The lowest BCUT2D eigenvalue weighted by atomic mass is 9.97. The second-order valence-electron chi connectivity index (χ2n) is 6.25. The van der Waals surface area contributed by atoms with Crippen molar-refractivity contribution in [2.24, 2.45) is 7.05 Å². The van der Waals surface area contributed by atoms with Crippen LogP contribution < -0.4 is 0 Å². The molecule has 2 aromatic heterocycles. The smallest absolute Gasteiger partial charge is 0.313 e. The Morgan fingerprint density at radius 2 is 2.00 bits per heavy atom. The van der Waals surface area contributed by atoms with Gasteiger partial charge in [-0.1, -0.05) is 6.92 Å². The number of hydroxylamine groups is 2. The second kappa shape index (κ2) is 6.06. The van der Waals surface area contributed by atoms with Gasteiger partial charge < -0.3 is 4.57 Å². The third-order valence-electron chi connectivity index (χ3n) is 4.60. The van der Waals surface area contributed by atoms with E-state index in [2.05, 4.69) is 9.97 Å². The molecule has 2 aromatic rings. The Morgan fingerprint density at radius 3 is 2.59 bits per heavy atom. The predicted octanol–water partition coefficient (Wildman–Crippen LogP) is 2.74. The van der Waals surface area contributed by atoms with Gasteiger partial charge in [-0.15, -0.1) is 0 Å². The molecule has 1 aliphatic heterocycles. The first-order valence-corrected chi connectivity index (χ1v) is 9.58. The van der Waals surface area contributed by atoms with Gasteiger partial charge in [-0.2, -0.15) is 13.2 Å². The van der Waals surface area contributed by atoms with Crippen molar-refractivity contribution in [3.05, 3.63) is 46.9 Å². The monoisotopic (exact) mass is 402 g/mol. The summed E-state index contributed by atoms with van der Waals surface area (Å²) in [4.78, 5) is 7.90. The van der Waals surface area contributed by atoms with Gasteiger partial charge in [-0.25, -0.2) is 23.4 Å². The van der Waals surface area contributed by atoms with Crippen LogP contribution in [0.2, 0.25) is 0 Å². The van der Waals surface area contributed by atoms with Gasteiger partial charge in [0.05, 0.1) is 16.2 Å². The highest BCUT2D eigenvalue weighted by Crippen LogP contribution is 2.41. The summed E-state index contributed by atoms with van der Waals surface area (Å²) < 4.78 is 65.4. The van der Waals surface area contributed by atoms with Gasteiger partial charge in [-0.3, -0.25) is 5.21 Å². The molecule has 0 saturated carbocycles. The molecule has 146 valence electrons. The normalized spacial score (nSPS) is 21.0. The quantitative estimate of drug-likeness (QED) is 0.849. The fraction of sp³-hybridized carbons (Fsp3) is 0.375. The van der Waals surface area contributed by atoms with Crippen molar-refractivity contribution in [2.75, 3.05) is 5.75 Å². The lowest BCUT2D eigenvalue weighted by molar-refractivity contribution is -0.137. The van der Waals surface area contributed by atoms with Crippen LogP contribution in [-0.2, 0) is 28.6 Å². The van der Waals surface area contributed by atoms with Gasteiger partial charge in [0.25, 0.3) is 0 Å². The largest absolute Gasteiger partial charge is 0.417 e. The lowest BCUT2D eigenvalue weighted by Gasteiger charge is -2.38. The number of hydrogen-bond acceptors (Lipinski definition) is 6. The van der Waals surface area contributed by atoms with Crippen molar-refractivity contribution in [1.82, 2.24) is 19.6 Å². The molecule has 3 heterocycles. The maximum atomic E-state index is 13.0. The Bertz CT molecular complexity index is 1070. The molecule has 1 atom stereocenters. The molecule has 0 spiro atoms. The Labute approximate surface area is 153 Å². The second-order valence-corrected chi connectivity index (χ2v) is 8.50. The molecule has 0 fully saturated rings. The van der Waals surface area contributed by atoms with Crippen LogP contribution in [0.3, 0.4) is 0 Å². The van der Waals surface area contributed by atoms with Crippen LogP contribution in [0.4, 0.5) is 13.2 Å². The average Bonchev–Trinajstić information content (AvgIpc) is 2.93. The van der Waals surface area contributed by atoms with E-state index in [1.165, 1.54) is 43.8 Å². The summed E-state index contributed by atoms with van der Waals surface area (Å²) in [5.41, 5.74) is -2.52. The molecule has 27 heavy (non-hydrogen) atoms. The van der Waals surface area contributed by atoms with Gasteiger partial charge in [0.2, 0.25) is 0 Å². The van der Waals surface area contributed by atoms with Crippen LogP contribution in [0.1, 0.15) is 25.2 Å². The molecule has 11 heteroatoms. The first kappa shape index (κ1) is 19.4. The molecule has 7 nitrogen and oxygen atoms in total. The van der Waals surface area contributed by atoms with Crippen molar-refractivity contribution >= 4 is 21.0 Å². The maximum Gasteiger partial charge on any atom is 0.417 e. The fourth-order valence-corrected chi connectivity index (χ4v) is 4.46. The molecular formula is C16H17F3N4O3S. The maximum absolute atomic E-state index is 13.0. The summed E-state index contributed by atoms with van der Waals surface area (Å²) in [6.07, 6.45) is 0.0676. The highest BCUT2D eigenvalue weighted by Gasteiger charge is 2.46. The third kappa shape index (κ3) is 2.90. The predicted molar refractivity (Wildman–Crippen MR) is 91.2 cm³/mol. The number of allylic oxidation sites excluding steroid dienone is 2. The van der Waals surface area contributed by atoms with Crippen LogP contribution in [-0.4, -0.2) is 39.0 Å². The molecule has 1 N–H and O–H groups in total. The molecule has 0 bridgehead atoms. The lowest BCUT2D eigenvalue weighted by Crippen LogP contribution is -2.46. The third-order valence-corrected chi connectivity index (χ3v) is 6.56. The number of hydrogen-bond donors (Lipinski definition) is 1. The van der Waals surface area contributed by atoms with Gasteiger partial charge >= 0.3 is 6.18 Å². The number of nitrogens with zero attached hydrogens (tertiary/aromatic N) is 4. The van der Waals surface area contributed by atoms with Crippen LogP contribution in [0.5, 0.6) is 0 Å². The zero-order valence-electron chi connectivity index (χ0n) is 14.7. The number of rotatable bonds is 3. The van der Waals surface area contributed by atoms with E-state index in [9.17, 15) is 26.8 Å². The van der Waals surface area contributed by atoms with E-state index in [4.69, 9.17) is 0 Å². The minimum atomic E-state index is -4.59.